The van der Waals surface area contributed by atoms with Crippen molar-refractivity contribution < 1.29 is 22.0 Å². The first-order valence-electron chi connectivity index (χ1n) is 5.36. The molecule has 1 heterocycles. The lowest BCUT2D eigenvalue weighted by atomic mass is 10.2. The van der Waals surface area contributed by atoms with E-state index in [0.717, 1.165) is 6.07 Å². The van der Waals surface area contributed by atoms with Crippen molar-refractivity contribution in [2.75, 3.05) is 5.75 Å². The van der Waals surface area contributed by atoms with Gasteiger partial charge in [0, 0.05) is 5.56 Å². The smallest absolute Gasteiger partial charge is 0.185 e. The van der Waals surface area contributed by atoms with Gasteiger partial charge in [0.25, 0.3) is 0 Å². The van der Waals surface area contributed by atoms with Crippen molar-refractivity contribution in [3.05, 3.63) is 49.0 Å². The highest BCUT2D eigenvalue weighted by Crippen LogP contribution is 2.32. The maximum Gasteiger partial charge on any atom is 0.185 e. The molecule has 0 fully saturated rings. The van der Waals surface area contributed by atoms with E-state index in [1.165, 1.54) is 17.4 Å². The molecule has 1 aromatic carbocycles. The summed E-state index contributed by atoms with van der Waals surface area (Å²) in [6.45, 7) is 0. The van der Waals surface area contributed by atoms with Crippen LogP contribution in [-0.2, 0) is 9.84 Å². The summed E-state index contributed by atoms with van der Waals surface area (Å²) in [5.74, 6) is -3.87. The molecule has 112 valence electrons. The molecule has 0 bridgehead atoms. The Morgan fingerprint density at radius 1 is 1.14 bits per heavy atom. The molecule has 1 aromatic heterocycles. The van der Waals surface area contributed by atoms with E-state index in [1.807, 2.05) is 0 Å². The predicted molar refractivity (Wildman–Crippen MR) is 82.5 cm³/mol. The number of carbonyl (C=O) groups is 1. The van der Waals surface area contributed by atoms with E-state index in [0.29, 0.717) is 19.7 Å². The lowest BCUT2D eigenvalue weighted by Crippen LogP contribution is -2.16. The van der Waals surface area contributed by atoms with Crippen LogP contribution in [0, 0.1) is 11.6 Å². The van der Waals surface area contributed by atoms with Crippen LogP contribution in [0.1, 0.15) is 10.4 Å². The molecule has 0 spiro atoms. The van der Waals surface area contributed by atoms with E-state index in [9.17, 15) is 22.0 Å². The second-order valence-corrected chi connectivity index (χ2v) is 9.73. The summed E-state index contributed by atoms with van der Waals surface area (Å²) < 4.78 is 51.2. The zero-order chi connectivity index (χ0) is 15.8. The van der Waals surface area contributed by atoms with Gasteiger partial charge in [0.2, 0.25) is 0 Å². The van der Waals surface area contributed by atoms with Crippen LogP contribution < -0.4 is 0 Å². The Morgan fingerprint density at radius 3 is 2.33 bits per heavy atom. The first kappa shape index (κ1) is 16.7. The minimum absolute atomic E-state index is 0.220. The predicted octanol–water partition coefficient (Wildman–Crippen LogP) is 4.21. The van der Waals surface area contributed by atoms with Crippen molar-refractivity contribution in [2.24, 2.45) is 0 Å². The van der Waals surface area contributed by atoms with E-state index >= 15 is 0 Å². The number of hydrogen-bond donors (Lipinski definition) is 0. The molecule has 9 heteroatoms. The molecule has 2 rings (SSSR count). The fourth-order valence-electron chi connectivity index (χ4n) is 1.53. The number of Topliss-reactive ketones (excluding diaryl/α,β-unsaturated/α-hetero) is 1. The van der Waals surface area contributed by atoms with Gasteiger partial charge in [0.15, 0.2) is 27.3 Å². The van der Waals surface area contributed by atoms with Gasteiger partial charge in [-0.05, 0) is 56.1 Å². The molecule has 0 amide bonds. The lowest BCUT2D eigenvalue weighted by Gasteiger charge is -2.04. The van der Waals surface area contributed by atoms with Gasteiger partial charge in [-0.3, -0.25) is 4.79 Å². The van der Waals surface area contributed by atoms with E-state index in [1.54, 1.807) is 0 Å². The maximum atomic E-state index is 13.1. The first-order valence-corrected chi connectivity index (χ1v) is 9.42. The Morgan fingerprint density at radius 2 is 1.81 bits per heavy atom. The number of thiophene rings is 1. The number of hydrogen-bond acceptors (Lipinski definition) is 4. The molecule has 0 saturated carbocycles. The van der Waals surface area contributed by atoms with Gasteiger partial charge in [-0.15, -0.1) is 11.3 Å². The summed E-state index contributed by atoms with van der Waals surface area (Å²) >= 11 is 7.59. The standard InChI is InChI=1S/C12H6Br2F2O3S2/c13-11-4-7(12(14)20-11)10(17)5-21(18,19)6-1-2-8(15)9(16)3-6/h1-4H,5H2. The van der Waals surface area contributed by atoms with E-state index in [-0.39, 0.29) is 5.56 Å². The monoisotopic (exact) mass is 458 g/mol. The third-order valence-electron chi connectivity index (χ3n) is 2.53. The second-order valence-electron chi connectivity index (χ2n) is 4.00. The number of halogens is 4. The summed E-state index contributed by atoms with van der Waals surface area (Å²) in [5.41, 5.74) is 0.220. The van der Waals surface area contributed by atoms with E-state index in [2.05, 4.69) is 31.9 Å². The van der Waals surface area contributed by atoms with Gasteiger partial charge >= 0.3 is 0 Å². The molecule has 0 aliphatic carbocycles. The van der Waals surface area contributed by atoms with Crippen LogP contribution in [0.25, 0.3) is 0 Å². The SMILES string of the molecule is O=C(CS(=O)(=O)c1ccc(F)c(F)c1)c1cc(Br)sc1Br. The molecule has 2 aromatic rings. The van der Waals surface area contributed by atoms with Crippen LogP contribution in [0.15, 0.2) is 36.7 Å². The molecular weight excluding hydrogens is 454 g/mol. The van der Waals surface area contributed by atoms with Crippen LogP contribution in [-0.4, -0.2) is 20.0 Å². The van der Waals surface area contributed by atoms with Crippen molar-refractivity contribution >= 4 is 58.8 Å². The van der Waals surface area contributed by atoms with E-state index in [4.69, 9.17) is 0 Å². The fourth-order valence-corrected chi connectivity index (χ4v) is 5.62. The van der Waals surface area contributed by atoms with Crippen molar-refractivity contribution in [3.8, 4) is 0 Å². The first-order chi connectivity index (χ1) is 9.70. The molecule has 0 aliphatic heterocycles. The van der Waals surface area contributed by atoms with Crippen molar-refractivity contribution in [1.82, 2.24) is 0 Å². The van der Waals surface area contributed by atoms with E-state index < -0.39 is 37.9 Å². The third-order valence-corrected chi connectivity index (χ3v) is 6.48. The van der Waals surface area contributed by atoms with Crippen LogP contribution in [0.3, 0.4) is 0 Å². The molecule has 21 heavy (non-hydrogen) atoms. The highest BCUT2D eigenvalue weighted by molar-refractivity contribution is 9.12. The topological polar surface area (TPSA) is 51.2 Å². The van der Waals surface area contributed by atoms with Gasteiger partial charge < -0.3 is 0 Å². The van der Waals surface area contributed by atoms with Gasteiger partial charge in [-0.25, -0.2) is 17.2 Å². The fraction of sp³-hybridized carbons (Fsp3) is 0.0833. The maximum absolute atomic E-state index is 13.1. The Labute approximate surface area is 140 Å². The average molecular weight is 460 g/mol. The van der Waals surface area contributed by atoms with Gasteiger partial charge in [-0.2, -0.15) is 0 Å². The molecule has 0 atom stereocenters. The quantitative estimate of drug-likeness (QED) is 0.508. The number of carbonyl (C=O) groups excluding carboxylic acids is 1. The Bertz CT molecular complexity index is 816. The number of sulfone groups is 1. The molecular formula is C12H6Br2F2O3S2. The lowest BCUT2D eigenvalue weighted by molar-refractivity contribution is 0.102. The Balaban J connectivity index is 2.31. The zero-order valence-electron chi connectivity index (χ0n) is 10.1. The van der Waals surface area contributed by atoms with Crippen molar-refractivity contribution in [2.45, 2.75) is 4.90 Å². The van der Waals surface area contributed by atoms with Crippen LogP contribution in [0.2, 0.25) is 0 Å². The summed E-state index contributed by atoms with van der Waals surface area (Å²) in [6.07, 6.45) is 0. The summed E-state index contributed by atoms with van der Waals surface area (Å²) in [7, 11) is -4.04. The third kappa shape index (κ3) is 3.77. The van der Waals surface area contributed by atoms with Crippen LogP contribution >= 0.6 is 43.2 Å². The highest BCUT2D eigenvalue weighted by atomic mass is 79.9. The van der Waals surface area contributed by atoms with Crippen LogP contribution in [0.5, 0.6) is 0 Å². The second kappa shape index (κ2) is 6.23. The molecule has 3 nitrogen and oxygen atoms in total. The van der Waals surface area contributed by atoms with Crippen LogP contribution in [0.4, 0.5) is 8.78 Å². The van der Waals surface area contributed by atoms with Crippen molar-refractivity contribution in [3.63, 3.8) is 0 Å². The summed E-state index contributed by atoms with van der Waals surface area (Å²) in [6, 6.07) is 3.71. The highest BCUT2D eigenvalue weighted by Gasteiger charge is 2.24. The molecule has 0 saturated heterocycles. The zero-order valence-corrected chi connectivity index (χ0v) is 14.9. The Hall–Kier alpha value is -0.640. The largest absolute Gasteiger partial charge is 0.293 e. The Kier molecular flexibility index (Phi) is 4.96. The number of benzene rings is 1. The number of ketones is 1. The normalized spacial score (nSPS) is 11.6. The minimum atomic E-state index is -4.04. The molecule has 0 N–H and O–H groups in total. The number of rotatable bonds is 4. The molecule has 0 radical (unpaired) electrons. The summed E-state index contributed by atoms with van der Waals surface area (Å²) in [4.78, 5) is 11.6. The van der Waals surface area contributed by atoms with Gasteiger partial charge in [0.05, 0.1) is 12.5 Å². The van der Waals surface area contributed by atoms with Crippen molar-refractivity contribution in [1.29, 1.82) is 0 Å². The summed E-state index contributed by atoms with van der Waals surface area (Å²) in [5, 5.41) is 0. The molecule has 0 unspecified atom stereocenters. The minimum Gasteiger partial charge on any atom is -0.293 e. The average Bonchev–Trinajstić information content (AvgIpc) is 2.71. The van der Waals surface area contributed by atoms with Gasteiger partial charge in [0.1, 0.15) is 5.75 Å². The molecule has 0 aliphatic rings. The van der Waals surface area contributed by atoms with Gasteiger partial charge in [-0.1, -0.05) is 0 Å².